The second kappa shape index (κ2) is 6.87. The van der Waals surface area contributed by atoms with Gasteiger partial charge in [-0.2, -0.15) is 13.2 Å². The van der Waals surface area contributed by atoms with Gasteiger partial charge in [-0.3, -0.25) is 4.79 Å². The number of halogens is 3. The molecule has 0 bridgehead atoms. The zero-order valence-corrected chi connectivity index (χ0v) is 12.4. The molecular formula is C17H18F3NO. The Bertz CT molecular complexity index is 581. The van der Waals surface area contributed by atoms with Crippen LogP contribution in [-0.2, 0) is 11.0 Å². The van der Waals surface area contributed by atoms with Gasteiger partial charge in [-0.25, -0.2) is 0 Å². The topological polar surface area (TPSA) is 20.3 Å². The van der Waals surface area contributed by atoms with Crippen LogP contribution in [0.1, 0.15) is 43.2 Å². The fourth-order valence-corrected chi connectivity index (χ4v) is 2.62. The highest BCUT2D eigenvalue weighted by molar-refractivity contribution is 5.93. The summed E-state index contributed by atoms with van der Waals surface area (Å²) >= 11 is 0. The summed E-state index contributed by atoms with van der Waals surface area (Å²) in [6.07, 6.45) is -1.98. The number of alkyl halides is 3. The molecule has 1 aliphatic heterocycles. The Morgan fingerprint density at radius 2 is 2.00 bits per heavy atom. The summed E-state index contributed by atoms with van der Waals surface area (Å²) < 4.78 is 37.7. The molecule has 1 heterocycles. The van der Waals surface area contributed by atoms with E-state index in [0.717, 1.165) is 30.5 Å². The first kappa shape index (κ1) is 16.4. The quantitative estimate of drug-likeness (QED) is 0.722. The molecule has 0 aliphatic carbocycles. The predicted molar refractivity (Wildman–Crippen MR) is 78.1 cm³/mol. The Kier molecular flexibility index (Phi) is 5.12. The van der Waals surface area contributed by atoms with Crippen LogP contribution >= 0.6 is 0 Å². The minimum absolute atomic E-state index is 0.0726. The SMILES string of the molecule is CCC#CC(=O)N1CCCC(c2ccc(C(F)(F)F)cc2)C1. The van der Waals surface area contributed by atoms with E-state index in [1.807, 2.05) is 6.92 Å². The van der Waals surface area contributed by atoms with Crippen molar-refractivity contribution >= 4 is 5.91 Å². The Morgan fingerprint density at radius 1 is 1.32 bits per heavy atom. The van der Waals surface area contributed by atoms with Crippen molar-refractivity contribution in [1.82, 2.24) is 4.90 Å². The summed E-state index contributed by atoms with van der Waals surface area (Å²) in [5.74, 6) is 5.23. The minimum atomic E-state index is -4.32. The predicted octanol–water partition coefficient (Wildman–Crippen LogP) is 3.82. The summed E-state index contributed by atoms with van der Waals surface area (Å²) in [5, 5.41) is 0. The molecule has 1 aromatic carbocycles. The second-order valence-electron chi connectivity index (χ2n) is 5.37. The molecule has 0 saturated carbocycles. The highest BCUT2D eigenvalue weighted by Crippen LogP contribution is 2.32. The van der Waals surface area contributed by atoms with Crippen LogP contribution in [0.3, 0.4) is 0 Å². The standard InChI is InChI=1S/C17H18F3NO/c1-2-3-6-16(22)21-11-4-5-14(12-21)13-7-9-15(10-8-13)17(18,19)20/h7-10,14H,2,4-5,11-12H2,1H3. The van der Waals surface area contributed by atoms with Gasteiger partial charge >= 0.3 is 6.18 Å². The summed E-state index contributed by atoms with van der Waals surface area (Å²) in [5.41, 5.74) is 0.197. The van der Waals surface area contributed by atoms with E-state index < -0.39 is 11.7 Å². The summed E-state index contributed by atoms with van der Waals surface area (Å²) in [6, 6.07) is 5.23. The van der Waals surface area contributed by atoms with Crippen LogP contribution in [0.2, 0.25) is 0 Å². The molecule has 2 nitrogen and oxygen atoms in total. The Hall–Kier alpha value is -1.96. The van der Waals surface area contributed by atoms with Crippen LogP contribution in [0.25, 0.3) is 0 Å². The highest BCUT2D eigenvalue weighted by Gasteiger charge is 2.31. The van der Waals surface area contributed by atoms with Crippen LogP contribution < -0.4 is 0 Å². The molecule has 1 aromatic rings. The third-order valence-corrected chi connectivity index (χ3v) is 3.79. The van der Waals surface area contributed by atoms with Crippen molar-refractivity contribution < 1.29 is 18.0 Å². The molecule has 22 heavy (non-hydrogen) atoms. The molecule has 1 aliphatic rings. The van der Waals surface area contributed by atoms with Crippen LogP contribution in [-0.4, -0.2) is 23.9 Å². The summed E-state index contributed by atoms with van der Waals surface area (Å²) in [7, 11) is 0. The lowest BCUT2D eigenvalue weighted by Gasteiger charge is -2.31. The number of benzene rings is 1. The van der Waals surface area contributed by atoms with Crippen molar-refractivity contribution in [3.05, 3.63) is 35.4 Å². The molecule has 0 radical (unpaired) electrons. The first-order chi connectivity index (χ1) is 10.4. The smallest absolute Gasteiger partial charge is 0.331 e. The monoisotopic (exact) mass is 309 g/mol. The van der Waals surface area contributed by atoms with E-state index in [1.165, 1.54) is 12.1 Å². The summed E-state index contributed by atoms with van der Waals surface area (Å²) in [6.45, 7) is 3.05. The number of piperidine rings is 1. The lowest BCUT2D eigenvalue weighted by molar-refractivity contribution is -0.137. The van der Waals surface area contributed by atoms with Gasteiger partial charge in [0, 0.05) is 25.4 Å². The van der Waals surface area contributed by atoms with Gasteiger partial charge in [0.2, 0.25) is 0 Å². The van der Waals surface area contributed by atoms with Crippen molar-refractivity contribution in [3.63, 3.8) is 0 Å². The van der Waals surface area contributed by atoms with Crippen LogP contribution in [0.5, 0.6) is 0 Å². The maximum absolute atomic E-state index is 12.6. The first-order valence-electron chi connectivity index (χ1n) is 7.36. The molecule has 2 rings (SSSR count). The van der Waals surface area contributed by atoms with Gasteiger partial charge in [0.05, 0.1) is 5.56 Å². The number of carbonyl (C=O) groups is 1. The fraction of sp³-hybridized carbons (Fsp3) is 0.471. The molecule has 0 N–H and O–H groups in total. The van der Waals surface area contributed by atoms with Gasteiger partial charge < -0.3 is 4.90 Å². The molecular weight excluding hydrogens is 291 g/mol. The number of likely N-dealkylation sites (tertiary alicyclic amines) is 1. The van der Waals surface area contributed by atoms with Gasteiger partial charge in [0.15, 0.2) is 0 Å². The Labute approximate surface area is 128 Å². The first-order valence-corrected chi connectivity index (χ1v) is 7.36. The molecule has 1 fully saturated rings. The van der Waals surface area contributed by atoms with Crippen molar-refractivity contribution in [3.8, 4) is 11.8 Å². The normalized spacial score (nSPS) is 18.5. The van der Waals surface area contributed by atoms with Gasteiger partial charge in [-0.15, -0.1) is 0 Å². The minimum Gasteiger partial charge on any atom is -0.331 e. The fourth-order valence-electron chi connectivity index (χ4n) is 2.62. The number of hydrogen-bond donors (Lipinski definition) is 0. The maximum Gasteiger partial charge on any atom is 0.416 e. The molecule has 118 valence electrons. The van der Waals surface area contributed by atoms with Crippen molar-refractivity contribution in [2.45, 2.75) is 38.3 Å². The zero-order chi connectivity index (χ0) is 16.2. The molecule has 1 amide bonds. The lowest BCUT2D eigenvalue weighted by Crippen LogP contribution is -2.38. The average Bonchev–Trinajstić information content (AvgIpc) is 2.52. The van der Waals surface area contributed by atoms with E-state index in [2.05, 4.69) is 11.8 Å². The highest BCUT2D eigenvalue weighted by atomic mass is 19.4. The lowest BCUT2D eigenvalue weighted by atomic mass is 9.90. The van der Waals surface area contributed by atoms with E-state index in [4.69, 9.17) is 0 Å². The van der Waals surface area contributed by atoms with Gasteiger partial charge in [-0.05, 0) is 36.5 Å². The van der Waals surface area contributed by atoms with Gasteiger partial charge in [0.25, 0.3) is 5.91 Å². The number of carbonyl (C=O) groups excluding carboxylic acids is 1. The van der Waals surface area contributed by atoms with Crippen LogP contribution in [0.15, 0.2) is 24.3 Å². The van der Waals surface area contributed by atoms with Gasteiger partial charge in [-0.1, -0.05) is 25.0 Å². The van der Waals surface area contributed by atoms with E-state index in [9.17, 15) is 18.0 Å². The molecule has 1 saturated heterocycles. The van der Waals surface area contributed by atoms with E-state index >= 15 is 0 Å². The van der Waals surface area contributed by atoms with Crippen LogP contribution in [0.4, 0.5) is 13.2 Å². The summed E-state index contributed by atoms with van der Waals surface area (Å²) in [4.78, 5) is 13.6. The average molecular weight is 309 g/mol. The van der Waals surface area contributed by atoms with Crippen LogP contribution in [0, 0.1) is 11.8 Å². The molecule has 1 atom stereocenters. The maximum atomic E-state index is 12.6. The van der Waals surface area contributed by atoms with Crippen molar-refractivity contribution in [1.29, 1.82) is 0 Å². The second-order valence-corrected chi connectivity index (χ2v) is 5.37. The van der Waals surface area contributed by atoms with Crippen molar-refractivity contribution in [2.24, 2.45) is 0 Å². The molecule has 0 aromatic heterocycles. The third kappa shape index (κ3) is 4.03. The Balaban J connectivity index is 2.07. The molecule has 1 unspecified atom stereocenters. The zero-order valence-electron chi connectivity index (χ0n) is 12.4. The largest absolute Gasteiger partial charge is 0.416 e. The van der Waals surface area contributed by atoms with Gasteiger partial charge in [0.1, 0.15) is 0 Å². The third-order valence-electron chi connectivity index (χ3n) is 3.79. The van der Waals surface area contributed by atoms with E-state index in [-0.39, 0.29) is 11.8 Å². The van der Waals surface area contributed by atoms with E-state index in [1.54, 1.807) is 4.90 Å². The number of rotatable bonds is 1. The number of nitrogens with zero attached hydrogens (tertiary/aromatic N) is 1. The number of amides is 1. The number of hydrogen-bond acceptors (Lipinski definition) is 1. The molecule has 5 heteroatoms. The Morgan fingerprint density at radius 3 is 2.59 bits per heavy atom. The molecule has 0 spiro atoms. The van der Waals surface area contributed by atoms with Crippen molar-refractivity contribution in [2.75, 3.05) is 13.1 Å². The van der Waals surface area contributed by atoms with E-state index in [0.29, 0.717) is 19.5 Å².